The van der Waals surface area contributed by atoms with Gasteiger partial charge in [0.1, 0.15) is 4.21 Å². The molecule has 0 aromatic carbocycles. The van der Waals surface area contributed by atoms with Crippen molar-refractivity contribution in [1.82, 2.24) is 4.31 Å². The lowest BCUT2D eigenvalue weighted by molar-refractivity contribution is -0.0585. The molecule has 1 aromatic heterocycles. The Morgan fingerprint density at radius 3 is 2.94 bits per heavy atom. The van der Waals surface area contributed by atoms with Crippen molar-refractivity contribution in [3.63, 3.8) is 0 Å². The Hall–Kier alpha value is -0.430. The second-order valence-corrected chi connectivity index (χ2v) is 7.87. The summed E-state index contributed by atoms with van der Waals surface area (Å²) in [5, 5.41) is 1.81. The first-order chi connectivity index (χ1) is 8.69. The van der Waals surface area contributed by atoms with Crippen LogP contribution in [0.25, 0.3) is 0 Å². The van der Waals surface area contributed by atoms with Crippen LogP contribution in [-0.2, 0) is 14.8 Å². The molecule has 3 rings (SSSR count). The predicted molar refractivity (Wildman–Crippen MR) is 70.2 cm³/mol. The fraction of sp³-hybridized carbons (Fsp3) is 0.667. The van der Waals surface area contributed by atoms with Crippen LogP contribution in [0.5, 0.6) is 0 Å². The number of sulfonamides is 1. The lowest BCUT2D eigenvalue weighted by Crippen LogP contribution is -2.54. The molecule has 6 heteroatoms. The van der Waals surface area contributed by atoms with E-state index in [0.717, 1.165) is 25.7 Å². The van der Waals surface area contributed by atoms with E-state index in [1.54, 1.807) is 16.4 Å². The number of rotatable bonds is 2. The molecule has 0 spiro atoms. The van der Waals surface area contributed by atoms with E-state index < -0.39 is 10.0 Å². The number of morpholine rings is 1. The van der Waals surface area contributed by atoms with Gasteiger partial charge in [-0.1, -0.05) is 18.9 Å². The van der Waals surface area contributed by atoms with E-state index in [1.165, 1.54) is 11.3 Å². The van der Waals surface area contributed by atoms with Crippen LogP contribution in [-0.4, -0.2) is 38.0 Å². The maximum absolute atomic E-state index is 12.6. The first-order valence-electron chi connectivity index (χ1n) is 6.36. The molecule has 0 N–H and O–H groups in total. The van der Waals surface area contributed by atoms with Crippen LogP contribution >= 0.6 is 11.3 Å². The molecule has 0 radical (unpaired) electrons. The van der Waals surface area contributed by atoms with Gasteiger partial charge in [0.05, 0.1) is 18.8 Å². The van der Waals surface area contributed by atoms with E-state index in [4.69, 9.17) is 4.74 Å². The summed E-state index contributed by atoms with van der Waals surface area (Å²) in [6.07, 6.45) is 4.26. The number of fused-ring (bicyclic) bond motifs is 1. The third-order valence-electron chi connectivity index (χ3n) is 3.74. The molecule has 1 aromatic rings. The van der Waals surface area contributed by atoms with Gasteiger partial charge in [-0.25, -0.2) is 8.42 Å². The number of nitrogens with zero attached hydrogens (tertiary/aromatic N) is 1. The van der Waals surface area contributed by atoms with Crippen molar-refractivity contribution < 1.29 is 13.2 Å². The molecule has 2 fully saturated rings. The first kappa shape index (κ1) is 12.6. The first-order valence-corrected chi connectivity index (χ1v) is 8.68. The Balaban J connectivity index is 1.90. The zero-order chi connectivity index (χ0) is 12.6. The highest BCUT2D eigenvalue weighted by molar-refractivity contribution is 7.91. The largest absolute Gasteiger partial charge is 0.375 e. The van der Waals surface area contributed by atoms with Crippen molar-refractivity contribution in [2.45, 2.75) is 42.0 Å². The average Bonchev–Trinajstić information content (AvgIpc) is 2.92. The van der Waals surface area contributed by atoms with Gasteiger partial charge in [0, 0.05) is 6.54 Å². The smallest absolute Gasteiger partial charge is 0.252 e. The molecule has 2 atom stereocenters. The summed E-state index contributed by atoms with van der Waals surface area (Å²) in [5.74, 6) is 0. The fourth-order valence-corrected chi connectivity index (χ4v) is 5.67. The van der Waals surface area contributed by atoms with Crippen LogP contribution in [0, 0.1) is 0 Å². The monoisotopic (exact) mass is 287 g/mol. The molecule has 1 saturated carbocycles. The predicted octanol–water partition coefficient (Wildman–Crippen LogP) is 2.08. The molecule has 1 aliphatic heterocycles. The molecule has 4 nitrogen and oxygen atoms in total. The molecular weight excluding hydrogens is 270 g/mol. The zero-order valence-corrected chi connectivity index (χ0v) is 11.8. The zero-order valence-electron chi connectivity index (χ0n) is 10.1. The summed E-state index contributed by atoms with van der Waals surface area (Å²) < 4.78 is 33.0. The van der Waals surface area contributed by atoms with Gasteiger partial charge in [-0.2, -0.15) is 4.31 Å². The third kappa shape index (κ3) is 2.11. The van der Waals surface area contributed by atoms with Gasteiger partial charge in [-0.15, -0.1) is 11.3 Å². The second kappa shape index (κ2) is 4.92. The van der Waals surface area contributed by atoms with Crippen molar-refractivity contribution in [3.05, 3.63) is 17.5 Å². The molecule has 1 aliphatic carbocycles. The summed E-state index contributed by atoms with van der Waals surface area (Å²) in [4.78, 5) is 0. The minimum absolute atomic E-state index is 0.0413. The minimum Gasteiger partial charge on any atom is -0.375 e. The third-order valence-corrected chi connectivity index (χ3v) is 7.04. The van der Waals surface area contributed by atoms with Gasteiger partial charge < -0.3 is 4.74 Å². The van der Waals surface area contributed by atoms with E-state index >= 15 is 0 Å². The van der Waals surface area contributed by atoms with Crippen LogP contribution < -0.4 is 0 Å². The Kier molecular flexibility index (Phi) is 3.44. The van der Waals surface area contributed by atoms with E-state index in [1.807, 2.05) is 5.38 Å². The van der Waals surface area contributed by atoms with E-state index in [-0.39, 0.29) is 12.1 Å². The number of ether oxygens (including phenoxy) is 1. The summed E-state index contributed by atoms with van der Waals surface area (Å²) >= 11 is 1.29. The summed E-state index contributed by atoms with van der Waals surface area (Å²) in [7, 11) is -3.32. The molecule has 1 saturated heterocycles. The van der Waals surface area contributed by atoms with E-state index in [9.17, 15) is 8.42 Å². The van der Waals surface area contributed by atoms with Crippen molar-refractivity contribution in [2.24, 2.45) is 0 Å². The van der Waals surface area contributed by atoms with E-state index in [2.05, 4.69) is 0 Å². The lowest BCUT2D eigenvalue weighted by Gasteiger charge is -2.42. The molecule has 0 bridgehead atoms. The standard InChI is InChI=1S/C12H17NO3S2/c14-18(15,12-6-3-9-17-12)13-7-8-16-11-5-2-1-4-10(11)13/h3,6,9-11H,1-2,4-5,7-8H2/t10-,11+/m0/s1. The molecular formula is C12H17NO3S2. The maximum atomic E-state index is 12.6. The highest BCUT2D eigenvalue weighted by Crippen LogP contribution is 2.33. The van der Waals surface area contributed by atoms with Crippen LogP contribution in [0.2, 0.25) is 0 Å². The lowest BCUT2D eigenvalue weighted by atomic mass is 9.91. The van der Waals surface area contributed by atoms with Gasteiger partial charge in [0.15, 0.2) is 0 Å². The Morgan fingerprint density at radius 1 is 1.33 bits per heavy atom. The molecule has 2 heterocycles. The van der Waals surface area contributed by atoms with Crippen LogP contribution in [0.4, 0.5) is 0 Å². The van der Waals surface area contributed by atoms with Crippen molar-refractivity contribution in [3.8, 4) is 0 Å². The SMILES string of the molecule is O=S(=O)(c1cccs1)N1CCO[C@@H]2CCCC[C@@H]21. The van der Waals surface area contributed by atoms with Gasteiger partial charge in [-0.3, -0.25) is 0 Å². The van der Waals surface area contributed by atoms with Crippen molar-refractivity contribution in [2.75, 3.05) is 13.2 Å². The Labute approximate surface area is 112 Å². The number of hydrogen-bond donors (Lipinski definition) is 0. The normalized spacial score (nSPS) is 30.0. The molecule has 0 amide bonds. The summed E-state index contributed by atoms with van der Waals surface area (Å²) in [5.41, 5.74) is 0. The van der Waals surface area contributed by atoms with Crippen molar-refractivity contribution >= 4 is 21.4 Å². The van der Waals surface area contributed by atoms with Gasteiger partial charge in [-0.05, 0) is 24.3 Å². The molecule has 2 aliphatic rings. The van der Waals surface area contributed by atoms with Crippen molar-refractivity contribution in [1.29, 1.82) is 0 Å². The highest BCUT2D eigenvalue weighted by Gasteiger charge is 2.41. The van der Waals surface area contributed by atoms with E-state index in [0.29, 0.717) is 17.4 Å². The highest BCUT2D eigenvalue weighted by atomic mass is 32.2. The van der Waals surface area contributed by atoms with Gasteiger partial charge in [0.25, 0.3) is 10.0 Å². The topological polar surface area (TPSA) is 46.6 Å². The van der Waals surface area contributed by atoms with Gasteiger partial charge >= 0.3 is 0 Å². The fourth-order valence-electron chi connectivity index (χ4n) is 2.89. The quantitative estimate of drug-likeness (QED) is 0.836. The summed E-state index contributed by atoms with van der Waals surface area (Å²) in [6.45, 7) is 1.01. The summed E-state index contributed by atoms with van der Waals surface area (Å²) in [6, 6.07) is 3.52. The molecule has 0 unspecified atom stereocenters. The van der Waals surface area contributed by atoms with Crippen LogP contribution in [0.3, 0.4) is 0 Å². The maximum Gasteiger partial charge on any atom is 0.252 e. The molecule has 100 valence electrons. The van der Waals surface area contributed by atoms with Crippen LogP contribution in [0.15, 0.2) is 21.7 Å². The number of hydrogen-bond acceptors (Lipinski definition) is 4. The van der Waals surface area contributed by atoms with Gasteiger partial charge in [0.2, 0.25) is 0 Å². The molecule has 18 heavy (non-hydrogen) atoms. The minimum atomic E-state index is -3.32. The Bertz CT molecular complexity index is 495. The number of thiophene rings is 1. The van der Waals surface area contributed by atoms with Crippen LogP contribution in [0.1, 0.15) is 25.7 Å². The average molecular weight is 287 g/mol. The Morgan fingerprint density at radius 2 is 2.17 bits per heavy atom. The second-order valence-electron chi connectivity index (χ2n) is 4.81.